The van der Waals surface area contributed by atoms with Crippen molar-refractivity contribution >= 4 is 11.7 Å². The maximum atomic E-state index is 14.6. The summed E-state index contributed by atoms with van der Waals surface area (Å²) in [6.07, 6.45) is -1.69. The number of rotatable bonds is 9. The van der Waals surface area contributed by atoms with Crippen molar-refractivity contribution < 1.29 is 23.0 Å². The highest BCUT2D eigenvalue weighted by atomic mass is 19.1. The zero-order valence-electron chi connectivity index (χ0n) is 16.6. The van der Waals surface area contributed by atoms with Crippen LogP contribution in [0.5, 0.6) is 5.75 Å². The van der Waals surface area contributed by atoms with E-state index >= 15 is 0 Å². The maximum Gasteiger partial charge on any atom is 0.254 e. The number of nitrogens with one attached hydrogen (secondary N) is 2. The molecule has 2 aromatic rings. The van der Waals surface area contributed by atoms with Gasteiger partial charge in [0.1, 0.15) is 23.2 Å². The molecular formula is C21H25F2N3O3. The molecule has 0 aliphatic rings. The fraction of sp³-hybridized carbons (Fsp3) is 0.333. The van der Waals surface area contributed by atoms with Gasteiger partial charge in [-0.3, -0.25) is 10.2 Å². The Kier molecular flexibility index (Phi) is 7.67. The van der Waals surface area contributed by atoms with Crippen LogP contribution in [-0.4, -0.2) is 24.5 Å². The maximum absolute atomic E-state index is 14.6. The lowest BCUT2D eigenvalue weighted by molar-refractivity contribution is -0.133. The SMILES string of the molecule is CCO[C@H](C(=O)NCc1ccc(C(=N)N)cc1)c1c(F)cc(OC(C)C)cc1F. The number of nitrogen functional groups attached to an aromatic ring is 1. The third kappa shape index (κ3) is 5.99. The molecule has 0 aliphatic carbocycles. The standard InChI is InChI=1S/C21H25F2N3O3/c1-4-28-19(18-16(22)9-15(10-17(18)23)29-12(2)3)21(27)26-11-13-5-7-14(8-6-13)20(24)25/h5-10,12,19H,4,11H2,1-3H3,(H3,24,25)(H,26,27)/t19-/m0/s1. The number of carbonyl (C=O) groups is 1. The van der Waals surface area contributed by atoms with Gasteiger partial charge in [-0.05, 0) is 26.3 Å². The summed E-state index contributed by atoms with van der Waals surface area (Å²) in [6.45, 7) is 5.33. The second-order valence-electron chi connectivity index (χ2n) is 6.63. The number of amides is 1. The van der Waals surface area contributed by atoms with E-state index in [4.69, 9.17) is 20.6 Å². The average molecular weight is 405 g/mol. The van der Waals surface area contributed by atoms with Gasteiger partial charge in [0, 0.05) is 30.8 Å². The highest BCUT2D eigenvalue weighted by Gasteiger charge is 2.28. The Morgan fingerprint density at radius 1 is 1.17 bits per heavy atom. The predicted molar refractivity (Wildman–Crippen MR) is 106 cm³/mol. The lowest BCUT2D eigenvalue weighted by atomic mass is 10.1. The topological polar surface area (TPSA) is 97.4 Å². The minimum Gasteiger partial charge on any atom is -0.491 e. The summed E-state index contributed by atoms with van der Waals surface area (Å²) < 4.78 is 39.8. The predicted octanol–water partition coefficient (Wildman–Crippen LogP) is 3.43. The smallest absolute Gasteiger partial charge is 0.254 e. The molecule has 0 aliphatic heterocycles. The molecule has 0 saturated heterocycles. The Bertz CT molecular complexity index is 847. The van der Waals surface area contributed by atoms with Crippen LogP contribution in [0.3, 0.4) is 0 Å². The summed E-state index contributed by atoms with van der Waals surface area (Å²) in [4.78, 5) is 12.6. The lowest BCUT2D eigenvalue weighted by Crippen LogP contribution is -2.31. The van der Waals surface area contributed by atoms with E-state index < -0.39 is 29.2 Å². The Balaban J connectivity index is 2.17. The Morgan fingerprint density at radius 2 is 1.76 bits per heavy atom. The van der Waals surface area contributed by atoms with E-state index in [1.54, 1.807) is 45.0 Å². The largest absolute Gasteiger partial charge is 0.491 e. The van der Waals surface area contributed by atoms with Gasteiger partial charge in [-0.15, -0.1) is 0 Å². The molecule has 4 N–H and O–H groups in total. The van der Waals surface area contributed by atoms with E-state index in [9.17, 15) is 13.6 Å². The molecule has 0 aromatic heterocycles. The van der Waals surface area contributed by atoms with Crippen LogP contribution in [-0.2, 0) is 16.1 Å². The highest BCUT2D eigenvalue weighted by Crippen LogP contribution is 2.29. The second kappa shape index (κ2) is 9.97. The van der Waals surface area contributed by atoms with Crippen molar-refractivity contribution in [3.8, 4) is 5.75 Å². The van der Waals surface area contributed by atoms with Crippen molar-refractivity contribution in [2.45, 2.75) is 39.5 Å². The summed E-state index contributed by atoms with van der Waals surface area (Å²) in [5.41, 5.74) is 6.23. The lowest BCUT2D eigenvalue weighted by Gasteiger charge is -2.19. The first-order valence-corrected chi connectivity index (χ1v) is 9.21. The van der Waals surface area contributed by atoms with Gasteiger partial charge in [-0.1, -0.05) is 24.3 Å². The Labute approximate surface area is 168 Å². The first kappa shape index (κ1) is 22.3. The van der Waals surface area contributed by atoms with Crippen molar-refractivity contribution in [1.82, 2.24) is 5.32 Å². The van der Waals surface area contributed by atoms with E-state index in [1.807, 2.05) is 0 Å². The van der Waals surface area contributed by atoms with Crippen LogP contribution in [0.2, 0.25) is 0 Å². The van der Waals surface area contributed by atoms with Gasteiger partial charge in [-0.2, -0.15) is 0 Å². The number of halogens is 2. The Hall–Kier alpha value is -3.00. The number of carbonyl (C=O) groups excluding carboxylic acids is 1. The molecule has 8 heteroatoms. The zero-order chi connectivity index (χ0) is 21.6. The highest BCUT2D eigenvalue weighted by molar-refractivity contribution is 5.94. The van der Waals surface area contributed by atoms with E-state index in [1.165, 1.54) is 0 Å². The molecule has 2 rings (SSSR count). The monoisotopic (exact) mass is 405 g/mol. The molecule has 0 heterocycles. The van der Waals surface area contributed by atoms with Crippen LogP contribution in [0.25, 0.3) is 0 Å². The molecule has 0 radical (unpaired) electrons. The van der Waals surface area contributed by atoms with Crippen molar-refractivity contribution in [3.05, 3.63) is 64.7 Å². The van der Waals surface area contributed by atoms with Crippen LogP contribution in [0.15, 0.2) is 36.4 Å². The van der Waals surface area contributed by atoms with Crippen molar-refractivity contribution in [1.29, 1.82) is 5.41 Å². The fourth-order valence-electron chi connectivity index (χ4n) is 2.69. The molecule has 1 atom stereocenters. The number of ether oxygens (including phenoxy) is 2. The molecule has 29 heavy (non-hydrogen) atoms. The van der Waals surface area contributed by atoms with Crippen molar-refractivity contribution in [2.75, 3.05) is 6.61 Å². The van der Waals surface area contributed by atoms with Crippen molar-refractivity contribution in [3.63, 3.8) is 0 Å². The third-order valence-corrected chi connectivity index (χ3v) is 3.99. The summed E-state index contributed by atoms with van der Waals surface area (Å²) in [5.74, 6) is -2.52. The van der Waals surface area contributed by atoms with Gasteiger partial charge in [0.2, 0.25) is 0 Å². The number of amidine groups is 1. The quantitative estimate of drug-likeness (QED) is 0.440. The molecule has 6 nitrogen and oxygen atoms in total. The molecule has 0 bridgehead atoms. The molecule has 156 valence electrons. The van der Waals surface area contributed by atoms with Crippen molar-refractivity contribution in [2.24, 2.45) is 5.73 Å². The molecule has 1 amide bonds. The van der Waals surface area contributed by atoms with Gasteiger partial charge in [0.05, 0.1) is 11.7 Å². The van der Waals surface area contributed by atoms with Gasteiger partial charge < -0.3 is 20.5 Å². The summed E-state index contributed by atoms with van der Waals surface area (Å²) in [7, 11) is 0. The molecule has 2 aromatic carbocycles. The van der Waals surface area contributed by atoms with Gasteiger partial charge in [-0.25, -0.2) is 8.78 Å². The summed E-state index contributed by atoms with van der Waals surface area (Å²) >= 11 is 0. The number of benzene rings is 2. The van der Waals surface area contributed by atoms with Gasteiger partial charge >= 0.3 is 0 Å². The summed E-state index contributed by atoms with van der Waals surface area (Å²) in [6, 6.07) is 8.78. The average Bonchev–Trinajstić information content (AvgIpc) is 2.64. The zero-order valence-corrected chi connectivity index (χ0v) is 16.6. The van der Waals surface area contributed by atoms with E-state index in [2.05, 4.69) is 5.32 Å². The van der Waals surface area contributed by atoms with Crippen LogP contribution in [0.4, 0.5) is 8.78 Å². The summed E-state index contributed by atoms with van der Waals surface area (Å²) in [5, 5.41) is 10.00. The van der Waals surface area contributed by atoms with Crippen LogP contribution < -0.4 is 15.8 Å². The first-order valence-electron chi connectivity index (χ1n) is 9.21. The van der Waals surface area contributed by atoms with Crippen LogP contribution in [0.1, 0.15) is 43.6 Å². The molecule has 0 unspecified atom stereocenters. The normalized spacial score (nSPS) is 11.9. The Morgan fingerprint density at radius 3 is 2.24 bits per heavy atom. The number of hydrogen-bond acceptors (Lipinski definition) is 4. The molecular weight excluding hydrogens is 380 g/mol. The molecule has 0 saturated carbocycles. The van der Waals surface area contributed by atoms with Gasteiger partial charge in [0.25, 0.3) is 5.91 Å². The molecule has 0 spiro atoms. The van der Waals surface area contributed by atoms with Gasteiger partial charge in [0.15, 0.2) is 6.10 Å². The van der Waals surface area contributed by atoms with E-state index in [-0.39, 0.29) is 30.8 Å². The molecule has 0 fully saturated rings. The fourth-order valence-corrected chi connectivity index (χ4v) is 2.69. The minimum absolute atomic E-state index is 0.0416. The van der Waals surface area contributed by atoms with E-state index in [0.717, 1.165) is 17.7 Å². The van der Waals surface area contributed by atoms with Crippen LogP contribution in [0, 0.1) is 17.0 Å². The van der Waals surface area contributed by atoms with Crippen LogP contribution >= 0.6 is 0 Å². The number of nitrogens with two attached hydrogens (primary N) is 1. The third-order valence-electron chi connectivity index (χ3n) is 3.99. The minimum atomic E-state index is -1.44. The first-order chi connectivity index (χ1) is 13.7. The number of hydrogen-bond donors (Lipinski definition) is 3. The van der Waals surface area contributed by atoms with E-state index in [0.29, 0.717) is 5.56 Å². The second-order valence-corrected chi connectivity index (χ2v) is 6.63.